The van der Waals surface area contributed by atoms with Crippen molar-refractivity contribution in [3.8, 4) is 22.9 Å². The van der Waals surface area contributed by atoms with Crippen LogP contribution in [0.4, 0.5) is 0 Å². The second kappa shape index (κ2) is 7.03. The summed E-state index contributed by atoms with van der Waals surface area (Å²) < 4.78 is 8.80. The van der Waals surface area contributed by atoms with Gasteiger partial charge >= 0.3 is 0 Å². The Morgan fingerprint density at radius 1 is 0.647 bits per heavy atom. The Morgan fingerprint density at radius 2 is 1.26 bits per heavy atom. The first-order valence-electron chi connectivity index (χ1n) is 11.0. The highest BCUT2D eigenvalue weighted by Gasteiger charge is 2.19. The largest absolute Gasteiger partial charge is 0.453 e. The van der Waals surface area contributed by atoms with Crippen molar-refractivity contribution in [3.63, 3.8) is 0 Å². The van der Waals surface area contributed by atoms with Gasteiger partial charge in [-0.05, 0) is 29.8 Å². The number of pyridine rings is 2. The number of hydrogen-bond acceptors (Lipinski definition) is 4. The molecule has 4 aromatic heterocycles. The zero-order valence-electron chi connectivity index (χ0n) is 17.9. The summed E-state index contributed by atoms with van der Waals surface area (Å²) in [4.78, 5) is 9.07. The van der Waals surface area contributed by atoms with Gasteiger partial charge in [-0.1, -0.05) is 48.5 Å². The van der Waals surface area contributed by atoms with Gasteiger partial charge in [0.25, 0.3) is 0 Å². The molecule has 0 atom stereocenters. The zero-order chi connectivity index (χ0) is 22.6. The number of aromatic nitrogens is 3. The summed E-state index contributed by atoms with van der Waals surface area (Å²) in [5.74, 6) is 0. The van der Waals surface area contributed by atoms with Crippen LogP contribution in [-0.2, 0) is 0 Å². The molecular formula is C29H16N4O. The summed E-state index contributed by atoms with van der Waals surface area (Å²) in [5.41, 5.74) is 7.05. The number of para-hydroxylation sites is 2. The minimum absolute atomic E-state index is 0.617. The molecule has 7 aromatic rings. The fourth-order valence-corrected chi connectivity index (χ4v) is 4.86. The molecule has 7 rings (SSSR count). The first-order valence-corrected chi connectivity index (χ1v) is 11.0. The van der Waals surface area contributed by atoms with Crippen molar-refractivity contribution in [2.75, 3.05) is 0 Å². The highest BCUT2D eigenvalue weighted by atomic mass is 16.3. The highest BCUT2D eigenvalue weighted by Crippen LogP contribution is 2.39. The fourth-order valence-electron chi connectivity index (χ4n) is 4.86. The summed E-state index contributed by atoms with van der Waals surface area (Å²) in [7, 11) is 0. The lowest BCUT2D eigenvalue weighted by Crippen LogP contribution is -1.95. The summed E-state index contributed by atoms with van der Waals surface area (Å²) in [6, 6.07) is 26.4. The van der Waals surface area contributed by atoms with E-state index >= 15 is 0 Å². The van der Waals surface area contributed by atoms with Gasteiger partial charge in [-0.2, -0.15) is 5.26 Å². The van der Waals surface area contributed by atoms with E-state index in [4.69, 9.17) is 9.68 Å². The Balaban J connectivity index is 1.56. The Morgan fingerprint density at radius 3 is 1.94 bits per heavy atom. The molecule has 0 aliphatic rings. The van der Waals surface area contributed by atoms with Crippen molar-refractivity contribution in [2.24, 2.45) is 0 Å². The minimum Gasteiger partial charge on any atom is -0.453 e. The molecule has 5 heteroatoms. The Labute approximate surface area is 194 Å². The van der Waals surface area contributed by atoms with Gasteiger partial charge in [0.15, 0.2) is 5.58 Å². The maximum atomic E-state index is 9.15. The average molecular weight is 436 g/mol. The second-order valence-electron chi connectivity index (χ2n) is 8.26. The molecule has 0 N–H and O–H groups in total. The van der Waals surface area contributed by atoms with Crippen molar-refractivity contribution in [1.82, 2.24) is 14.5 Å². The molecule has 0 amide bonds. The molecule has 0 fully saturated rings. The van der Waals surface area contributed by atoms with Crippen LogP contribution in [0, 0.1) is 11.3 Å². The van der Waals surface area contributed by atoms with E-state index in [1.165, 1.54) is 10.8 Å². The number of hydrogen-bond donors (Lipinski definition) is 0. The molecule has 5 nitrogen and oxygen atoms in total. The van der Waals surface area contributed by atoms with Gasteiger partial charge in [0.1, 0.15) is 11.3 Å². The van der Waals surface area contributed by atoms with Crippen molar-refractivity contribution in [2.45, 2.75) is 0 Å². The Hall–Kier alpha value is -4.95. The molecule has 3 aromatic carbocycles. The predicted octanol–water partition coefficient (Wildman–Crippen LogP) is 7.01. The number of nitriles is 1. The molecule has 4 heterocycles. The van der Waals surface area contributed by atoms with Crippen LogP contribution >= 0.6 is 0 Å². The van der Waals surface area contributed by atoms with Crippen LogP contribution in [0.2, 0.25) is 0 Å². The molecule has 0 unspecified atom stereocenters. The van der Waals surface area contributed by atoms with Crippen LogP contribution in [0.25, 0.3) is 60.6 Å². The third kappa shape index (κ3) is 2.54. The predicted molar refractivity (Wildman–Crippen MR) is 134 cm³/mol. The van der Waals surface area contributed by atoms with Crippen molar-refractivity contribution in [3.05, 3.63) is 103 Å². The maximum absolute atomic E-state index is 9.15. The van der Waals surface area contributed by atoms with Gasteiger partial charge in [0.2, 0.25) is 0 Å². The molecular weight excluding hydrogens is 420 g/mol. The second-order valence-corrected chi connectivity index (χ2v) is 8.26. The van der Waals surface area contributed by atoms with Crippen molar-refractivity contribution in [1.29, 1.82) is 5.26 Å². The third-order valence-corrected chi connectivity index (χ3v) is 6.41. The standard InChI is InChI=1S/C29H16N4O/c30-13-18-9-11-19(12-10-18)22-14-31-15-23-24-16-32-17-27(29(24)34-28(22)23)33-25-7-3-1-5-20(25)21-6-2-4-8-26(21)33/h1-12,14-17H. The average Bonchev–Trinajstić information content (AvgIpc) is 3.45. The summed E-state index contributed by atoms with van der Waals surface area (Å²) in [6.45, 7) is 0. The SMILES string of the molecule is N#Cc1ccc(-c2cncc3c2oc2c(-n4c5ccccc5c5ccccc54)cncc23)cc1. The van der Waals surface area contributed by atoms with E-state index in [0.717, 1.165) is 49.8 Å². The van der Waals surface area contributed by atoms with Gasteiger partial charge < -0.3 is 8.98 Å². The molecule has 0 aliphatic carbocycles. The van der Waals surface area contributed by atoms with Gasteiger partial charge in [-0.3, -0.25) is 9.97 Å². The van der Waals surface area contributed by atoms with E-state index in [-0.39, 0.29) is 0 Å². The summed E-state index contributed by atoms with van der Waals surface area (Å²) in [5, 5.41) is 13.3. The van der Waals surface area contributed by atoms with Crippen molar-refractivity contribution < 1.29 is 4.42 Å². The van der Waals surface area contributed by atoms with Crippen LogP contribution in [0.1, 0.15) is 5.56 Å². The molecule has 0 saturated heterocycles. The quantitative estimate of drug-likeness (QED) is 0.292. The normalized spacial score (nSPS) is 11.5. The lowest BCUT2D eigenvalue weighted by atomic mass is 10.0. The van der Waals surface area contributed by atoms with Gasteiger partial charge in [0, 0.05) is 40.3 Å². The van der Waals surface area contributed by atoms with E-state index in [9.17, 15) is 0 Å². The van der Waals surface area contributed by atoms with Gasteiger partial charge in [-0.25, -0.2) is 0 Å². The maximum Gasteiger partial charge on any atom is 0.162 e. The summed E-state index contributed by atoms with van der Waals surface area (Å²) >= 11 is 0. The molecule has 0 saturated carbocycles. The zero-order valence-corrected chi connectivity index (χ0v) is 17.9. The Bertz CT molecular complexity index is 1870. The third-order valence-electron chi connectivity index (χ3n) is 6.41. The van der Waals surface area contributed by atoms with Gasteiger partial charge in [0.05, 0.1) is 34.2 Å². The number of furan rings is 1. The van der Waals surface area contributed by atoms with Crippen LogP contribution in [-0.4, -0.2) is 14.5 Å². The van der Waals surface area contributed by atoms with Crippen LogP contribution in [0.3, 0.4) is 0 Å². The number of nitrogens with zero attached hydrogens (tertiary/aromatic N) is 4. The lowest BCUT2D eigenvalue weighted by Gasteiger charge is -2.07. The van der Waals surface area contributed by atoms with E-state index in [1.54, 1.807) is 6.20 Å². The topological polar surface area (TPSA) is 67.6 Å². The first kappa shape index (κ1) is 18.6. The van der Waals surface area contributed by atoms with E-state index < -0.39 is 0 Å². The number of benzene rings is 3. The van der Waals surface area contributed by atoms with Crippen LogP contribution < -0.4 is 0 Å². The summed E-state index contributed by atoms with van der Waals surface area (Å²) in [6.07, 6.45) is 7.33. The molecule has 0 aliphatic heterocycles. The molecule has 0 radical (unpaired) electrons. The van der Waals surface area contributed by atoms with Gasteiger partial charge in [-0.15, -0.1) is 0 Å². The smallest absolute Gasteiger partial charge is 0.162 e. The highest BCUT2D eigenvalue weighted by molar-refractivity contribution is 6.13. The molecule has 0 spiro atoms. The molecule has 0 bridgehead atoms. The first-order chi connectivity index (χ1) is 16.8. The van der Waals surface area contributed by atoms with E-state index in [2.05, 4.69) is 69.1 Å². The number of rotatable bonds is 2. The molecule has 158 valence electrons. The minimum atomic E-state index is 0.617. The van der Waals surface area contributed by atoms with Crippen molar-refractivity contribution >= 4 is 43.7 Å². The Kier molecular flexibility index (Phi) is 3.84. The van der Waals surface area contributed by atoms with E-state index in [1.807, 2.05) is 42.9 Å². The lowest BCUT2D eigenvalue weighted by molar-refractivity contribution is 0.666. The van der Waals surface area contributed by atoms with E-state index in [0.29, 0.717) is 5.56 Å². The van der Waals surface area contributed by atoms with Crippen LogP contribution in [0.5, 0.6) is 0 Å². The fraction of sp³-hybridized carbons (Fsp3) is 0. The number of fused-ring (bicyclic) bond motifs is 6. The monoisotopic (exact) mass is 436 g/mol. The molecule has 34 heavy (non-hydrogen) atoms. The van der Waals surface area contributed by atoms with Crippen LogP contribution in [0.15, 0.2) is 102 Å².